The Labute approximate surface area is 221 Å². The van der Waals surface area contributed by atoms with Gasteiger partial charge in [-0.25, -0.2) is 18.7 Å². The first-order chi connectivity index (χ1) is 18.6. The first-order valence-corrected chi connectivity index (χ1v) is 13.1. The van der Waals surface area contributed by atoms with Gasteiger partial charge in [-0.1, -0.05) is 12.8 Å². The fourth-order valence-electron chi connectivity index (χ4n) is 5.98. The highest BCUT2D eigenvalue weighted by atomic mass is 19.4. The molecule has 0 radical (unpaired) electrons. The maximum Gasteiger partial charge on any atom is 0.408 e. The lowest BCUT2D eigenvalue weighted by atomic mass is 9.80. The Kier molecular flexibility index (Phi) is 6.14. The monoisotopic (exact) mass is 550 g/mol. The van der Waals surface area contributed by atoms with Crippen LogP contribution >= 0.6 is 0 Å². The molecule has 1 spiro atoms. The van der Waals surface area contributed by atoms with Crippen molar-refractivity contribution in [2.75, 3.05) is 16.8 Å². The van der Waals surface area contributed by atoms with E-state index >= 15 is 0 Å². The van der Waals surface area contributed by atoms with Crippen molar-refractivity contribution >= 4 is 29.3 Å². The van der Waals surface area contributed by atoms with Gasteiger partial charge in [-0.15, -0.1) is 0 Å². The Morgan fingerprint density at radius 2 is 1.85 bits per heavy atom. The molecule has 2 aliphatic heterocycles. The zero-order chi connectivity index (χ0) is 27.5. The Bertz CT molecular complexity index is 1320. The number of hydrogen-bond acceptors (Lipinski definition) is 6. The summed E-state index contributed by atoms with van der Waals surface area (Å²) in [6, 6.07) is 0.927. The largest absolute Gasteiger partial charge is 0.457 e. The van der Waals surface area contributed by atoms with E-state index in [0.717, 1.165) is 42.7 Å². The maximum atomic E-state index is 14.2. The summed E-state index contributed by atoms with van der Waals surface area (Å²) in [5.41, 5.74) is -0.208. The molecular formula is C26H27F5N6O2. The molecule has 39 heavy (non-hydrogen) atoms. The Morgan fingerprint density at radius 1 is 1.10 bits per heavy atom. The van der Waals surface area contributed by atoms with Crippen molar-refractivity contribution in [3.8, 4) is 0 Å². The molecule has 1 atom stereocenters. The Balaban J connectivity index is 1.37. The fraction of sp³-hybridized carbons (Fsp3) is 0.538. The van der Waals surface area contributed by atoms with E-state index in [0.29, 0.717) is 24.2 Å². The molecule has 1 aromatic carbocycles. The standard InChI is InChI=1S/C26H27F5N6O2/c27-16-8-7-15(12-17(16)28)37-22-20(25(23(37)38)9-1-2-10-25)21(33-14-5-6-14)34-19(35-22)13-39-24(32)36-11-3-4-18(36)26(29,30)31/h7-8,12,14,18,32H,1-6,9-11,13H2,(H,33,34,35)/t18-/m1/s1. The lowest BCUT2D eigenvalue weighted by Crippen LogP contribution is -2.45. The number of rotatable bonds is 5. The lowest BCUT2D eigenvalue weighted by Gasteiger charge is -2.27. The van der Waals surface area contributed by atoms with Gasteiger partial charge in [0.2, 0.25) is 5.91 Å². The number of carbonyl (C=O) groups is 1. The molecule has 6 rings (SSSR count). The second kappa shape index (κ2) is 9.30. The molecular weight excluding hydrogens is 523 g/mol. The van der Waals surface area contributed by atoms with Crippen LogP contribution in [0.5, 0.6) is 0 Å². The van der Waals surface area contributed by atoms with E-state index in [1.165, 1.54) is 11.0 Å². The van der Waals surface area contributed by atoms with Crippen LogP contribution in [0.15, 0.2) is 18.2 Å². The number of amidine groups is 1. The zero-order valence-electron chi connectivity index (χ0n) is 21.0. The molecule has 13 heteroatoms. The second-order valence-electron chi connectivity index (χ2n) is 10.6. The van der Waals surface area contributed by atoms with Crippen LogP contribution in [0.4, 0.5) is 39.3 Å². The summed E-state index contributed by atoms with van der Waals surface area (Å²) >= 11 is 0. The molecule has 0 unspecified atom stereocenters. The normalized spacial score (nSPS) is 22.1. The minimum Gasteiger partial charge on any atom is -0.457 e. The topological polar surface area (TPSA) is 94.4 Å². The second-order valence-corrected chi connectivity index (χ2v) is 10.6. The van der Waals surface area contributed by atoms with Gasteiger partial charge < -0.3 is 15.0 Å². The highest BCUT2D eigenvalue weighted by molar-refractivity contribution is 6.13. The number of hydrogen-bond donors (Lipinski definition) is 2. The molecule has 2 aromatic rings. The maximum absolute atomic E-state index is 14.2. The summed E-state index contributed by atoms with van der Waals surface area (Å²) in [5, 5.41) is 11.5. The van der Waals surface area contributed by atoms with Crippen LogP contribution in [0.1, 0.15) is 62.8 Å². The van der Waals surface area contributed by atoms with E-state index in [1.54, 1.807) is 0 Å². The minimum atomic E-state index is -4.49. The Morgan fingerprint density at radius 3 is 2.51 bits per heavy atom. The van der Waals surface area contributed by atoms with E-state index < -0.39 is 41.9 Å². The van der Waals surface area contributed by atoms with Crippen molar-refractivity contribution in [1.82, 2.24) is 14.9 Å². The van der Waals surface area contributed by atoms with Crippen molar-refractivity contribution < 1.29 is 31.5 Å². The SMILES string of the molecule is N=C(OCc1nc(NC2CC2)c2c(n1)N(c1ccc(F)c(F)c1)C(=O)C21CCCC1)N1CCC[C@@H]1C(F)(F)F. The van der Waals surface area contributed by atoms with Crippen molar-refractivity contribution in [2.45, 2.75) is 81.6 Å². The third kappa shape index (κ3) is 4.45. The smallest absolute Gasteiger partial charge is 0.408 e. The lowest BCUT2D eigenvalue weighted by molar-refractivity contribution is -0.169. The molecule has 3 fully saturated rings. The highest BCUT2D eigenvalue weighted by Crippen LogP contribution is 2.55. The van der Waals surface area contributed by atoms with Crippen molar-refractivity contribution in [2.24, 2.45) is 0 Å². The van der Waals surface area contributed by atoms with E-state index in [2.05, 4.69) is 15.3 Å². The number of carbonyl (C=O) groups excluding carboxylic acids is 1. The number of likely N-dealkylation sites (tertiary alicyclic amines) is 1. The van der Waals surface area contributed by atoms with Crippen LogP contribution in [-0.2, 0) is 21.6 Å². The molecule has 0 bridgehead atoms. The van der Waals surface area contributed by atoms with Crippen molar-refractivity contribution in [3.63, 3.8) is 0 Å². The fourth-order valence-corrected chi connectivity index (χ4v) is 5.98. The number of alkyl halides is 3. The van der Waals surface area contributed by atoms with Gasteiger partial charge in [0, 0.05) is 18.7 Å². The van der Waals surface area contributed by atoms with Crippen LogP contribution in [0, 0.1) is 17.0 Å². The van der Waals surface area contributed by atoms with Gasteiger partial charge >= 0.3 is 6.18 Å². The van der Waals surface area contributed by atoms with E-state index in [1.807, 2.05) is 0 Å². The number of nitrogens with zero attached hydrogens (tertiary/aromatic N) is 4. The van der Waals surface area contributed by atoms with Gasteiger partial charge in [0.15, 0.2) is 24.1 Å². The van der Waals surface area contributed by atoms with Crippen LogP contribution < -0.4 is 10.2 Å². The average Bonchev–Trinajstić information content (AvgIpc) is 3.29. The van der Waals surface area contributed by atoms with E-state index in [4.69, 9.17) is 10.1 Å². The van der Waals surface area contributed by atoms with Gasteiger partial charge in [0.05, 0.1) is 16.7 Å². The molecule has 2 N–H and O–H groups in total. The highest BCUT2D eigenvalue weighted by Gasteiger charge is 2.56. The summed E-state index contributed by atoms with van der Waals surface area (Å²) in [7, 11) is 0. The Hall–Kier alpha value is -3.51. The van der Waals surface area contributed by atoms with Crippen LogP contribution in [0.3, 0.4) is 0 Å². The number of anilines is 3. The van der Waals surface area contributed by atoms with Gasteiger partial charge in [-0.05, 0) is 50.7 Å². The average molecular weight is 551 g/mol. The van der Waals surface area contributed by atoms with Gasteiger partial charge in [0.1, 0.15) is 17.7 Å². The number of fused-ring (bicyclic) bond motifs is 2. The summed E-state index contributed by atoms with van der Waals surface area (Å²) < 4.78 is 73.6. The molecule has 208 valence electrons. The molecule has 1 aromatic heterocycles. The quantitative estimate of drug-likeness (QED) is 0.298. The van der Waals surface area contributed by atoms with Gasteiger partial charge in [-0.2, -0.15) is 13.2 Å². The van der Waals surface area contributed by atoms with Crippen LogP contribution in [0.25, 0.3) is 0 Å². The molecule has 1 saturated heterocycles. The first-order valence-electron chi connectivity index (χ1n) is 13.1. The van der Waals surface area contributed by atoms with Crippen molar-refractivity contribution in [3.05, 3.63) is 41.2 Å². The summed E-state index contributed by atoms with van der Waals surface area (Å²) in [5.74, 6) is -1.76. The number of amides is 1. The minimum absolute atomic E-state index is 0.0451. The van der Waals surface area contributed by atoms with E-state index in [9.17, 15) is 26.7 Å². The predicted octanol–water partition coefficient (Wildman–Crippen LogP) is 5.30. The summed E-state index contributed by atoms with van der Waals surface area (Å²) in [4.78, 5) is 25.3. The summed E-state index contributed by atoms with van der Waals surface area (Å²) in [6.45, 7) is -0.358. The zero-order valence-corrected chi connectivity index (χ0v) is 21.0. The summed E-state index contributed by atoms with van der Waals surface area (Å²) in [6.07, 6.45) is 0.218. The van der Waals surface area contributed by atoms with E-state index in [-0.39, 0.29) is 48.7 Å². The predicted molar refractivity (Wildman–Crippen MR) is 131 cm³/mol. The molecule has 4 aliphatic rings. The van der Waals surface area contributed by atoms with Gasteiger partial charge in [0.25, 0.3) is 6.02 Å². The molecule has 1 amide bonds. The molecule has 2 saturated carbocycles. The van der Waals surface area contributed by atoms with Crippen molar-refractivity contribution in [1.29, 1.82) is 5.41 Å². The first kappa shape index (κ1) is 25.8. The third-order valence-corrected chi connectivity index (χ3v) is 8.01. The molecule has 8 nitrogen and oxygen atoms in total. The number of aromatic nitrogens is 2. The number of halogens is 5. The van der Waals surface area contributed by atoms with Crippen LogP contribution in [-0.4, -0.2) is 51.6 Å². The molecule has 2 aliphatic carbocycles. The van der Waals surface area contributed by atoms with Crippen LogP contribution in [0.2, 0.25) is 0 Å². The third-order valence-electron chi connectivity index (χ3n) is 8.01. The number of ether oxygens (including phenoxy) is 1. The number of nitrogens with one attached hydrogen (secondary N) is 2. The van der Waals surface area contributed by atoms with Gasteiger partial charge in [-0.3, -0.25) is 15.1 Å². The molecule has 3 heterocycles. The number of benzene rings is 1.